The highest BCUT2D eigenvalue weighted by molar-refractivity contribution is 6.31. The zero-order valence-electron chi connectivity index (χ0n) is 17.9. The second-order valence-electron chi connectivity index (χ2n) is 7.31. The molecule has 1 aliphatic heterocycles. The molecule has 0 saturated carbocycles. The Labute approximate surface area is 186 Å². The number of urea groups is 1. The summed E-state index contributed by atoms with van der Waals surface area (Å²) in [4.78, 5) is 26.3. The summed E-state index contributed by atoms with van der Waals surface area (Å²) in [6, 6.07) is 7.96. The van der Waals surface area contributed by atoms with E-state index < -0.39 is 12.0 Å². The molecule has 1 heterocycles. The van der Waals surface area contributed by atoms with Gasteiger partial charge in [0.2, 0.25) is 0 Å². The summed E-state index contributed by atoms with van der Waals surface area (Å²) in [6.07, 6.45) is 0.369. The van der Waals surface area contributed by atoms with Crippen molar-refractivity contribution in [1.29, 1.82) is 0 Å². The van der Waals surface area contributed by atoms with Crippen LogP contribution in [0.4, 0.5) is 10.5 Å². The number of aliphatic carboxylic acids is 1. The number of benzene rings is 2. The number of nitrogens with zero attached hydrogens (tertiary/aromatic N) is 1. The fourth-order valence-electron chi connectivity index (χ4n) is 3.79. The number of carbonyl (C=O) groups is 2. The number of hydrogen-bond acceptors (Lipinski definition) is 4. The van der Waals surface area contributed by atoms with Crippen molar-refractivity contribution in [2.75, 3.05) is 25.1 Å². The molecule has 166 valence electrons. The lowest BCUT2D eigenvalue weighted by molar-refractivity contribution is -0.138. The molecule has 8 heteroatoms. The third-order valence-corrected chi connectivity index (χ3v) is 5.47. The highest BCUT2D eigenvalue weighted by Gasteiger charge is 2.34. The first-order chi connectivity index (χ1) is 14.8. The van der Waals surface area contributed by atoms with Crippen LogP contribution < -0.4 is 14.8 Å². The standard InChI is InChI=1S/C23H27ClN2O5/c1-4-30-20-10-15-8-9-26(23(29)25-18-11-16(24)7-6-14(18)3)19(13-22(27)28)17(15)12-21(20)31-5-2/h6-7,10-12,19H,4-5,8-9,13H2,1-3H3,(H,25,29)(H,27,28). The third-order valence-electron chi connectivity index (χ3n) is 5.23. The van der Waals surface area contributed by atoms with Gasteiger partial charge in [-0.3, -0.25) is 4.79 Å². The van der Waals surface area contributed by atoms with Gasteiger partial charge in [-0.15, -0.1) is 0 Å². The average Bonchev–Trinajstić information content (AvgIpc) is 2.71. The van der Waals surface area contributed by atoms with Crippen LogP contribution in [0, 0.1) is 6.92 Å². The molecule has 1 atom stereocenters. The molecule has 0 aliphatic carbocycles. The minimum absolute atomic E-state index is 0.214. The van der Waals surface area contributed by atoms with E-state index in [2.05, 4.69) is 5.32 Å². The molecular weight excluding hydrogens is 420 g/mol. The number of rotatable bonds is 7. The zero-order valence-corrected chi connectivity index (χ0v) is 18.7. The van der Waals surface area contributed by atoms with Crippen LogP contribution in [0.15, 0.2) is 30.3 Å². The van der Waals surface area contributed by atoms with Crippen molar-refractivity contribution in [2.24, 2.45) is 0 Å². The van der Waals surface area contributed by atoms with E-state index in [1.165, 1.54) is 0 Å². The lowest BCUT2D eigenvalue weighted by Crippen LogP contribution is -2.43. The maximum absolute atomic E-state index is 13.1. The van der Waals surface area contributed by atoms with Gasteiger partial charge in [0.25, 0.3) is 0 Å². The second-order valence-corrected chi connectivity index (χ2v) is 7.75. The smallest absolute Gasteiger partial charge is 0.322 e. The quantitative estimate of drug-likeness (QED) is 0.621. The number of amides is 2. The van der Waals surface area contributed by atoms with Gasteiger partial charge in [0.1, 0.15) is 0 Å². The summed E-state index contributed by atoms with van der Waals surface area (Å²) in [5.41, 5.74) is 3.18. The van der Waals surface area contributed by atoms with Gasteiger partial charge in [-0.1, -0.05) is 17.7 Å². The molecule has 3 rings (SSSR count). The number of carbonyl (C=O) groups excluding carboxylic acids is 1. The van der Waals surface area contributed by atoms with Crippen LogP contribution in [0.3, 0.4) is 0 Å². The molecule has 0 saturated heterocycles. The largest absolute Gasteiger partial charge is 0.490 e. The Kier molecular flexibility index (Phi) is 7.28. The number of anilines is 1. The van der Waals surface area contributed by atoms with E-state index >= 15 is 0 Å². The van der Waals surface area contributed by atoms with E-state index in [1.807, 2.05) is 39.0 Å². The van der Waals surface area contributed by atoms with E-state index in [0.29, 0.717) is 48.4 Å². The van der Waals surface area contributed by atoms with Crippen molar-refractivity contribution in [3.8, 4) is 11.5 Å². The normalized spacial score (nSPS) is 15.2. The molecule has 1 aliphatic rings. The number of ether oxygens (including phenoxy) is 2. The predicted molar refractivity (Wildman–Crippen MR) is 119 cm³/mol. The highest BCUT2D eigenvalue weighted by Crippen LogP contribution is 2.40. The van der Waals surface area contributed by atoms with Crippen molar-refractivity contribution in [3.63, 3.8) is 0 Å². The molecule has 0 fully saturated rings. The summed E-state index contributed by atoms with van der Waals surface area (Å²) < 4.78 is 11.4. The van der Waals surface area contributed by atoms with Gasteiger partial charge in [0.05, 0.1) is 25.7 Å². The van der Waals surface area contributed by atoms with Crippen LogP contribution in [0.5, 0.6) is 11.5 Å². The van der Waals surface area contributed by atoms with Crippen LogP contribution >= 0.6 is 11.6 Å². The third kappa shape index (κ3) is 5.22. The fraction of sp³-hybridized carbons (Fsp3) is 0.391. The molecular formula is C23H27ClN2O5. The van der Waals surface area contributed by atoms with E-state index in [-0.39, 0.29) is 12.5 Å². The highest BCUT2D eigenvalue weighted by atomic mass is 35.5. The second kappa shape index (κ2) is 9.92. The molecule has 7 nitrogen and oxygen atoms in total. The number of halogens is 1. The SMILES string of the molecule is CCOc1cc2c(cc1OCC)C(CC(=O)O)N(C(=O)Nc1cc(Cl)ccc1C)CC2. The number of hydrogen-bond donors (Lipinski definition) is 2. The van der Waals surface area contributed by atoms with Crippen LogP contribution in [0.2, 0.25) is 5.02 Å². The van der Waals surface area contributed by atoms with Crippen LogP contribution in [0.1, 0.15) is 43.0 Å². The number of nitrogens with one attached hydrogen (secondary N) is 1. The Bertz CT molecular complexity index is 979. The Morgan fingerprint density at radius 1 is 1.16 bits per heavy atom. The van der Waals surface area contributed by atoms with E-state index in [4.69, 9.17) is 21.1 Å². The van der Waals surface area contributed by atoms with Gasteiger partial charge in [-0.05, 0) is 68.1 Å². The van der Waals surface area contributed by atoms with E-state index in [1.54, 1.807) is 17.0 Å². The predicted octanol–water partition coefficient (Wildman–Crippen LogP) is 5.05. The van der Waals surface area contributed by atoms with Gasteiger partial charge in [-0.2, -0.15) is 0 Å². The summed E-state index contributed by atoms with van der Waals surface area (Å²) in [5, 5.41) is 12.9. The van der Waals surface area contributed by atoms with Gasteiger partial charge in [-0.25, -0.2) is 4.79 Å². The maximum atomic E-state index is 13.1. The molecule has 2 amide bonds. The molecule has 2 aromatic rings. The molecule has 0 radical (unpaired) electrons. The number of fused-ring (bicyclic) bond motifs is 1. The molecule has 1 unspecified atom stereocenters. The molecule has 0 bridgehead atoms. The van der Waals surface area contributed by atoms with Gasteiger partial charge in [0.15, 0.2) is 11.5 Å². The molecule has 0 spiro atoms. The number of carboxylic acid groups (broad SMARTS) is 1. The lowest BCUT2D eigenvalue weighted by Gasteiger charge is -2.37. The Morgan fingerprint density at radius 2 is 1.84 bits per heavy atom. The molecule has 31 heavy (non-hydrogen) atoms. The van der Waals surface area contributed by atoms with Crippen LogP contribution in [0.25, 0.3) is 0 Å². The number of carboxylic acids is 1. The summed E-state index contributed by atoms with van der Waals surface area (Å²) in [5.74, 6) is 0.192. The van der Waals surface area contributed by atoms with Crippen molar-refractivity contribution >= 4 is 29.3 Å². The van der Waals surface area contributed by atoms with Crippen LogP contribution in [-0.2, 0) is 11.2 Å². The molecule has 2 aromatic carbocycles. The Balaban J connectivity index is 1.96. The molecule has 0 aromatic heterocycles. The minimum atomic E-state index is -0.985. The van der Waals surface area contributed by atoms with Gasteiger partial charge < -0.3 is 24.8 Å². The van der Waals surface area contributed by atoms with Crippen molar-refractivity contribution < 1.29 is 24.2 Å². The first-order valence-electron chi connectivity index (χ1n) is 10.3. The maximum Gasteiger partial charge on any atom is 0.322 e. The van der Waals surface area contributed by atoms with E-state index in [0.717, 1.165) is 16.7 Å². The zero-order chi connectivity index (χ0) is 22.5. The van der Waals surface area contributed by atoms with Gasteiger partial charge >= 0.3 is 12.0 Å². The fourth-order valence-corrected chi connectivity index (χ4v) is 3.96. The van der Waals surface area contributed by atoms with Crippen molar-refractivity contribution in [3.05, 3.63) is 52.0 Å². The first kappa shape index (κ1) is 22.7. The lowest BCUT2D eigenvalue weighted by atomic mass is 9.90. The Hall–Kier alpha value is -2.93. The van der Waals surface area contributed by atoms with E-state index in [9.17, 15) is 14.7 Å². The van der Waals surface area contributed by atoms with Gasteiger partial charge in [0, 0.05) is 17.3 Å². The summed E-state index contributed by atoms with van der Waals surface area (Å²) >= 11 is 6.07. The summed E-state index contributed by atoms with van der Waals surface area (Å²) in [7, 11) is 0. The Morgan fingerprint density at radius 3 is 2.48 bits per heavy atom. The summed E-state index contributed by atoms with van der Waals surface area (Å²) in [6.45, 7) is 6.96. The van der Waals surface area contributed by atoms with Crippen molar-refractivity contribution in [2.45, 2.75) is 39.7 Å². The van der Waals surface area contributed by atoms with Crippen molar-refractivity contribution in [1.82, 2.24) is 4.90 Å². The first-order valence-corrected chi connectivity index (χ1v) is 10.7. The monoisotopic (exact) mass is 446 g/mol. The average molecular weight is 447 g/mol. The topological polar surface area (TPSA) is 88.1 Å². The minimum Gasteiger partial charge on any atom is -0.490 e. The molecule has 2 N–H and O–H groups in total. The van der Waals surface area contributed by atoms with Crippen LogP contribution in [-0.4, -0.2) is 41.8 Å². The number of aryl methyl sites for hydroxylation is 1.